The summed E-state index contributed by atoms with van der Waals surface area (Å²) in [7, 11) is 0. The zero-order valence-corrected chi connectivity index (χ0v) is 13.3. The minimum absolute atomic E-state index is 0.106. The molecule has 0 saturated heterocycles. The maximum atomic E-state index is 12.1. The normalized spacial score (nSPS) is 18.3. The van der Waals surface area contributed by atoms with Gasteiger partial charge in [-0.25, -0.2) is 14.8 Å². The number of carbonyl (C=O) groups excluding carboxylic acids is 2. The van der Waals surface area contributed by atoms with Crippen LogP contribution in [-0.4, -0.2) is 39.4 Å². The van der Waals surface area contributed by atoms with Crippen molar-refractivity contribution in [2.45, 2.75) is 37.4 Å². The molecule has 0 saturated carbocycles. The molecule has 0 aliphatic carbocycles. The second kappa shape index (κ2) is 6.07. The van der Waals surface area contributed by atoms with Crippen LogP contribution in [0.5, 0.6) is 0 Å². The molecule has 114 valence electrons. The molecule has 1 aromatic heterocycles. The molecule has 2 amide bonds. The molecule has 7 nitrogen and oxygen atoms in total. The van der Waals surface area contributed by atoms with Crippen LogP contribution >= 0.6 is 23.4 Å². The third kappa shape index (κ3) is 4.47. The fourth-order valence-corrected chi connectivity index (χ4v) is 2.71. The summed E-state index contributed by atoms with van der Waals surface area (Å²) >= 11 is 7.03. The number of fused-ring (bicyclic) bond motifs is 1. The lowest BCUT2D eigenvalue weighted by Gasteiger charge is -2.22. The summed E-state index contributed by atoms with van der Waals surface area (Å²) in [5.41, 5.74) is -0.150. The highest BCUT2D eigenvalue weighted by Crippen LogP contribution is 2.29. The van der Waals surface area contributed by atoms with Crippen LogP contribution in [0.3, 0.4) is 0 Å². The van der Waals surface area contributed by atoms with Gasteiger partial charge in [-0.2, -0.15) is 0 Å². The molecule has 0 spiro atoms. The highest BCUT2D eigenvalue weighted by atomic mass is 35.5. The highest BCUT2D eigenvalue weighted by Gasteiger charge is 2.28. The Bertz CT molecular complexity index is 576. The number of alkyl carbamates (subject to hydrolysis) is 1. The molecule has 0 bridgehead atoms. The number of thioether (sulfide) groups is 1. The van der Waals surface area contributed by atoms with Crippen LogP contribution in [0.25, 0.3) is 0 Å². The lowest BCUT2D eigenvalue weighted by atomic mass is 10.2. The third-order valence-corrected chi connectivity index (χ3v) is 3.64. The number of aromatic nitrogens is 2. The standard InChI is InChI=1S/C12H15ClN4O3S/c1-12(2,3)20-11(19)16-7-5-21-9-6(15-8(7)18)4-14-10(13)17-9/h4,7H,5H2,1-3H3,(H,15,18)(H,16,19)/t7-/m0/s1. The molecule has 1 aromatic rings. The Balaban J connectivity index is 2.05. The van der Waals surface area contributed by atoms with Gasteiger partial charge >= 0.3 is 6.09 Å². The minimum atomic E-state index is -0.724. The Hall–Kier alpha value is -1.54. The Morgan fingerprint density at radius 1 is 1.57 bits per heavy atom. The summed E-state index contributed by atoms with van der Waals surface area (Å²) < 4.78 is 5.14. The van der Waals surface area contributed by atoms with E-state index in [0.717, 1.165) is 0 Å². The number of hydrogen-bond donors (Lipinski definition) is 2. The molecule has 21 heavy (non-hydrogen) atoms. The third-order valence-electron chi connectivity index (χ3n) is 2.38. The SMILES string of the molecule is CC(C)(C)OC(=O)N[C@H]1CSc2nc(Cl)ncc2NC1=O. The molecular weight excluding hydrogens is 316 g/mol. The number of hydrogen-bond acceptors (Lipinski definition) is 6. The van der Waals surface area contributed by atoms with E-state index < -0.39 is 17.7 Å². The van der Waals surface area contributed by atoms with Crippen LogP contribution in [0.4, 0.5) is 10.5 Å². The second-order valence-electron chi connectivity index (χ2n) is 5.36. The number of anilines is 1. The van der Waals surface area contributed by atoms with Crippen molar-refractivity contribution in [1.29, 1.82) is 0 Å². The van der Waals surface area contributed by atoms with E-state index >= 15 is 0 Å². The Labute approximate surface area is 131 Å². The average molecular weight is 331 g/mol. The number of ether oxygens (including phenoxy) is 1. The van der Waals surface area contributed by atoms with Crippen LogP contribution in [0.1, 0.15) is 20.8 Å². The monoisotopic (exact) mass is 330 g/mol. The zero-order valence-electron chi connectivity index (χ0n) is 11.8. The van der Waals surface area contributed by atoms with Gasteiger partial charge in [-0.3, -0.25) is 4.79 Å². The van der Waals surface area contributed by atoms with Crippen molar-refractivity contribution in [3.05, 3.63) is 11.5 Å². The summed E-state index contributed by atoms with van der Waals surface area (Å²) in [6.45, 7) is 5.26. The Kier molecular flexibility index (Phi) is 4.58. The van der Waals surface area contributed by atoms with Crippen LogP contribution in [0, 0.1) is 0 Å². The maximum absolute atomic E-state index is 12.1. The molecule has 1 aliphatic rings. The average Bonchev–Trinajstić information content (AvgIpc) is 2.48. The van der Waals surface area contributed by atoms with Gasteiger partial charge in [-0.15, -0.1) is 11.8 Å². The summed E-state index contributed by atoms with van der Waals surface area (Å²) in [6, 6.07) is -0.724. The van der Waals surface area contributed by atoms with E-state index in [1.165, 1.54) is 18.0 Å². The lowest BCUT2D eigenvalue weighted by Crippen LogP contribution is -2.46. The van der Waals surface area contributed by atoms with Crippen LogP contribution in [0.15, 0.2) is 11.2 Å². The van der Waals surface area contributed by atoms with Gasteiger partial charge < -0.3 is 15.4 Å². The molecule has 1 atom stereocenters. The largest absolute Gasteiger partial charge is 0.444 e. The van der Waals surface area contributed by atoms with Gasteiger partial charge in [0.2, 0.25) is 11.2 Å². The number of nitrogens with one attached hydrogen (secondary N) is 2. The van der Waals surface area contributed by atoms with Crippen molar-refractivity contribution in [3.8, 4) is 0 Å². The number of halogens is 1. The van der Waals surface area contributed by atoms with Crippen molar-refractivity contribution in [3.63, 3.8) is 0 Å². The first-order valence-electron chi connectivity index (χ1n) is 6.20. The van der Waals surface area contributed by atoms with Gasteiger partial charge in [0.05, 0.1) is 11.9 Å². The van der Waals surface area contributed by atoms with Gasteiger partial charge in [-0.05, 0) is 32.4 Å². The predicted molar refractivity (Wildman–Crippen MR) is 79.6 cm³/mol. The van der Waals surface area contributed by atoms with Crippen LogP contribution in [0.2, 0.25) is 5.28 Å². The topological polar surface area (TPSA) is 93.2 Å². The maximum Gasteiger partial charge on any atom is 0.408 e. The van der Waals surface area contributed by atoms with Gasteiger partial charge in [0.25, 0.3) is 0 Å². The molecule has 0 fully saturated rings. The van der Waals surface area contributed by atoms with Gasteiger partial charge in [-0.1, -0.05) is 0 Å². The van der Waals surface area contributed by atoms with E-state index in [0.29, 0.717) is 16.5 Å². The molecule has 2 N–H and O–H groups in total. The molecule has 2 heterocycles. The quantitative estimate of drug-likeness (QED) is 0.605. The number of nitrogens with zero attached hydrogens (tertiary/aromatic N) is 2. The van der Waals surface area contributed by atoms with E-state index in [-0.39, 0.29) is 11.2 Å². The molecule has 2 rings (SSSR count). The molecule has 0 unspecified atom stereocenters. The Morgan fingerprint density at radius 3 is 2.95 bits per heavy atom. The number of carbonyl (C=O) groups is 2. The van der Waals surface area contributed by atoms with Gasteiger partial charge in [0, 0.05) is 5.75 Å². The van der Waals surface area contributed by atoms with E-state index in [2.05, 4.69) is 20.6 Å². The molecular formula is C12H15ClN4O3S. The van der Waals surface area contributed by atoms with Crippen LogP contribution < -0.4 is 10.6 Å². The molecule has 1 aliphatic heterocycles. The first-order valence-corrected chi connectivity index (χ1v) is 7.57. The predicted octanol–water partition coefficient (Wildman–Crippen LogP) is 2.07. The van der Waals surface area contributed by atoms with E-state index in [1.807, 2.05) is 0 Å². The highest BCUT2D eigenvalue weighted by molar-refractivity contribution is 7.99. The van der Waals surface area contributed by atoms with Gasteiger partial charge in [0.1, 0.15) is 16.7 Å². The zero-order chi connectivity index (χ0) is 15.6. The first kappa shape index (κ1) is 15.8. The summed E-state index contributed by atoms with van der Waals surface area (Å²) in [6.07, 6.45) is 0.795. The van der Waals surface area contributed by atoms with Crippen molar-refractivity contribution in [2.24, 2.45) is 0 Å². The number of amides is 2. The smallest absolute Gasteiger partial charge is 0.408 e. The van der Waals surface area contributed by atoms with Crippen molar-refractivity contribution >= 4 is 41.1 Å². The minimum Gasteiger partial charge on any atom is -0.444 e. The van der Waals surface area contributed by atoms with E-state index in [9.17, 15) is 9.59 Å². The molecule has 0 radical (unpaired) electrons. The summed E-state index contributed by atoms with van der Waals surface area (Å²) in [4.78, 5) is 31.7. The van der Waals surface area contributed by atoms with Crippen molar-refractivity contribution in [1.82, 2.24) is 15.3 Å². The number of rotatable bonds is 1. The second-order valence-corrected chi connectivity index (χ2v) is 6.70. The fourth-order valence-electron chi connectivity index (χ4n) is 1.56. The van der Waals surface area contributed by atoms with E-state index in [4.69, 9.17) is 16.3 Å². The summed E-state index contributed by atoms with van der Waals surface area (Å²) in [5.74, 6) is -0.0242. The Morgan fingerprint density at radius 2 is 2.29 bits per heavy atom. The molecule has 0 aromatic carbocycles. The van der Waals surface area contributed by atoms with Crippen LogP contribution in [-0.2, 0) is 9.53 Å². The van der Waals surface area contributed by atoms with Crippen molar-refractivity contribution < 1.29 is 14.3 Å². The molecule has 9 heteroatoms. The lowest BCUT2D eigenvalue weighted by molar-refractivity contribution is -0.117. The van der Waals surface area contributed by atoms with E-state index in [1.54, 1.807) is 20.8 Å². The first-order chi connectivity index (χ1) is 9.74. The van der Waals surface area contributed by atoms with Gasteiger partial charge in [0.15, 0.2) is 0 Å². The fraction of sp³-hybridized carbons (Fsp3) is 0.500. The summed E-state index contributed by atoms with van der Waals surface area (Å²) in [5, 5.41) is 5.87. The van der Waals surface area contributed by atoms with Crippen molar-refractivity contribution in [2.75, 3.05) is 11.1 Å².